The average Bonchev–Trinajstić information content (AvgIpc) is 3.09. The average molecular weight is 458 g/mol. The van der Waals surface area contributed by atoms with Gasteiger partial charge >= 0.3 is 12.0 Å². The zero-order valence-corrected chi connectivity index (χ0v) is 18.4. The Morgan fingerprint density at radius 1 is 1.00 bits per heavy atom. The van der Waals surface area contributed by atoms with Gasteiger partial charge in [0.25, 0.3) is 5.91 Å². The minimum Gasteiger partial charge on any atom is -0.465 e. The number of carbonyl (C=O) groups excluding carboxylic acids is 4. The van der Waals surface area contributed by atoms with Gasteiger partial charge in [-0.2, -0.15) is 0 Å². The Morgan fingerprint density at radius 3 is 2.38 bits per heavy atom. The lowest BCUT2D eigenvalue weighted by atomic mass is 10.1. The number of nitrogens with one attached hydrogen (secondary N) is 1. The van der Waals surface area contributed by atoms with E-state index in [0.717, 1.165) is 10.5 Å². The van der Waals surface area contributed by atoms with Crippen LogP contribution >= 0.6 is 0 Å². The lowest BCUT2D eigenvalue weighted by Gasteiger charge is -2.21. The van der Waals surface area contributed by atoms with Crippen molar-refractivity contribution in [3.63, 3.8) is 0 Å². The summed E-state index contributed by atoms with van der Waals surface area (Å²) in [6, 6.07) is 16.8. The number of rotatable bonds is 7. The van der Waals surface area contributed by atoms with Crippen LogP contribution < -0.4 is 10.2 Å². The van der Waals surface area contributed by atoms with Crippen molar-refractivity contribution in [2.24, 2.45) is 0 Å². The van der Waals surface area contributed by atoms with Gasteiger partial charge in [0.1, 0.15) is 6.04 Å². The summed E-state index contributed by atoms with van der Waals surface area (Å²) in [4.78, 5) is 57.5. The summed E-state index contributed by atoms with van der Waals surface area (Å²) in [5, 5.41) is 2.72. The van der Waals surface area contributed by atoms with Crippen molar-refractivity contribution in [2.75, 3.05) is 17.3 Å². The maximum absolute atomic E-state index is 13.3. The Morgan fingerprint density at radius 2 is 1.74 bits per heavy atom. The molecule has 0 radical (unpaired) electrons. The lowest BCUT2D eigenvalue weighted by molar-refractivity contribution is -0.124. The summed E-state index contributed by atoms with van der Waals surface area (Å²) >= 11 is 0. The number of nitrogens with zero attached hydrogens (tertiary/aromatic N) is 3. The number of ether oxygens (including phenoxy) is 1. The minimum atomic E-state index is -0.984. The number of pyridine rings is 1. The molecule has 2 heterocycles. The molecule has 1 N–H and O–H groups in total. The van der Waals surface area contributed by atoms with Crippen LogP contribution in [-0.2, 0) is 20.9 Å². The molecule has 2 aromatic carbocycles. The second kappa shape index (κ2) is 9.95. The van der Waals surface area contributed by atoms with E-state index in [1.54, 1.807) is 67.0 Å². The van der Waals surface area contributed by atoms with E-state index in [4.69, 9.17) is 0 Å². The summed E-state index contributed by atoms with van der Waals surface area (Å²) in [6.45, 7) is 0.132. The van der Waals surface area contributed by atoms with Crippen LogP contribution in [0.5, 0.6) is 0 Å². The SMILES string of the molecule is COC(=O)c1ccc(NC(=O)C[C@@H]2C(=O)N(c3ccccc3)C(=O)N2Cc2cccnc2)cc1. The Kier molecular flexibility index (Phi) is 6.63. The summed E-state index contributed by atoms with van der Waals surface area (Å²) in [5.74, 6) is -1.40. The van der Waals surface area contributed by atoms with E-state index in [1.165, 1.54) is 24.1 Å². The third kappa shape index (κ3) is 4.78. The monoisotopic (exact) mass is 458 g/mol. The molecule has 0 aliphatic carbocycles. The largest absolute Gasteiger partial charge is 0.465 e. The van der Waals surface area contributed by atoms with Gasteiger partial charge < -0.3 is 15.0 Å². The van der Waals surface area contributed by atoms with Crippen molar-refractivity contribution < 1.29 is 23.9 Å². The topological polar surface area (TPSA) is 109 Å². The minimum absolute atomic E-state index is 0.132. The summed E-state index contributed by atoms with van der Waals surface area (Å²) in [5.41, 5.74) is 1.98. The number of benzene rings is 2. The van der Waals surface area contributed by atoms with E-state index in [9.17, 15) is 19.2 Å². The summed E-state index contributed by atoms with van der Waals surface area (Å²) < 4.78 is 4.66. The third-order valence-corrected chi connectivity index (χ3v) is 5.38. The first-order valence-corrected chi connectivity index (χ1v) is 10.5. The number of para-hydroxylation sites is 1. The van der Waals surface area contributed by atoms with Gasteiger partial charge in [0.15, 0.2) is 0 Å². The van der Waals surface area contributed by atoms with Crippen LogP contribution in [0, 0.1) is 0 Å². The molecule has 1 aliphatic heterocycles. The fourth-order valence-corrected chi connectivity index (χ4v) is 3.71. The molecule has 1 saturated heterocycles. The van der Waals surface area contributed by atoms with Gasteiger partial charge in [-0.25, -0.2) is 14.5 Å². The quantitative estimate of drug-likeness (QED) is 0.430. The Labute approximate surface area is 196 Å². The number of amides is 4. The maximum atomic E-state index is 13.3. The van der Waals surface area contributed by atoms with E-state index in [-0.39, 0.29) is 13.0 Å². The van der Waals surface area contributed by atoms with Gasteiger partial charge in [-0.15, -0.1) is 0 Å². The molecule has 0 saturated carbocycles. The number of imide groups is 1. The number of methoxy groups -OCH3 is 1. The van der Waals surface area contributed by atoms with Crippen molar-refractivity contribution in [3.05, 3.63) is 90.3 Å². The first kappa shape index (κ1) is 22.7. The standard InChI is InChI=1S/C25H22N4O5/c1-34-24(32)18-9-11-19(12-10-18)27-22(30)14-21-23(31)29(20-7-3-2-4-8-20)25(33)28(21)16-17-6-5-13-26-15-17/h2-13,15,21H,14,16H2,1H3,(H,27,30)/t21-/m1/s1. The highest BCUT2D eigenvalue weighted by molar-refractivity contribution is 6.22. The van der Waals surface area contributed by atoms with E-state index in [1.807, 2.05) is 0 Å². The molecule has 3 aromatic rings. The molecule has 1 atom stereocenters. The molecule has 4 rings (SSSR count). The van der Waals surface area contributed by atoms with Crippen LogP contribution in [0.1, 0.15) is 22.3 Å². The molecular weight excluding hydrogens is 436 g/mol. The van der Waals surface area contributed by atoms with Crippen molar-refractivity contribution in [1.29, 1.82) is 0 Å². The summed E-state index contributed by atoms with van der Waals surface area (Å²) in [7, 11) is 1.29. The molecule has 0 unspecified atom stereocenters. The van der Waals surface area contributed by atoms with Crippen LogP contribution in [0.4, 0.5) is 16.2 Å². The Bertz CT molecular complexity index is 1200. The highest BCUT2D eigenvalue weighted by Gasteiger charge is 2.46. The van der Waals surface area contributed by atoms with Crippen LogP contribution in [0.2, 0.25) is 0 Å². The van der Waals surface area contributed by atoms with Gasteiger partial charge in [-0.3, -0.25) is 14.6 Å². The number of hydrogen-bond acceptors (Lipinski definition) is 6. The van der Waals surface area contributed by atoms with Crippen molar-refractivity contribution >= 4 is 35.2 Å². The molecule has 0 spiro atoms. The zero-order valence-electron chi connectivity index (χ0n) is 18.4. The Hall–Kier alpha value is -4.53. The predicted molar refractivity (Wildman–Crippen MR) is 124 cm³/mol. The molecule has 172 valence electrons. The normalized spacial score (nSPS) is 15.4. The van der Waals surface area contributed by atoms with E-state index in [2.05, 4.69) is 15.0 Å². The van der Waals surface area contributed by atoms with Gasteiger partial charge in [0, 0.05) is 24.6 Å². The highest BCUT2D eigenvalue weighted by Crippen LogP contribution is 2.28. The molecule has 1 fully saturated rings. The second-order valence-electron chi connectivity index (χ2n) is 7.62. The van der Waals surface area contributed by atoms with Gasteiger partial charge in [0.2, 0.25) is 5.91 Å². The van der Waals surface area contributed by atoms with Crippen molar-refractivity contribution in [3.8, 4) is 0 Å². The molecule has 1 aliphatic rings. The predicted octanol–water partition coefficient (Wildman–Crippen LogP) is 3.23. The maximum Gasteiger partial charge on any atom is 0.337 e. The van der Waals surface area contributed by atoms with Crippen LogP contribution in [0.3, 0.4) is 0 Å². The fraction of sp³-hybridized carbons (Fsp3) is 0.160. The number of anilines is 2. The van der Waals surface area contributed by atoms with Gasteiger partial charge in [-0.05, 0) is 48.0 Å². The number of carbonyl (C=O) groups is 4. The fourth-order valence-electron chi connectivity index (χ4n) is 3.71. The first-order valence-electron chi connectivity index (χ1n) is 10.5. The van der Waals surface area contributed by atoms with Gasteiger partial charge in [0.05, 0.1) is 24.8 Å². The Balaban J connectivity index is 1.54. The first-order chi connectivity index (χ1) is 16.5. The number of aromatic nitrogens is 1. The number of urea groups is 1. The molecule has 9 heteroatoms. The van der Waals surface area contributed by atoms with E-state index in [0.29, 0.717) is 16.9 Å². The molecule has 1 aromatic heterocycles. The van der Waals surface area contributed by atoms with Crippen LogP contribution in [-0.4, -0.2) is 46.9 Å². The van der Waals surface area contributed by atoms with E-state index < -0.39 is 29.9 Å². The zero-order chi connectivity index (χ0) is 24.1. The van der Waals surface area contributed by atoms with Crippen LogP contribution in [0.25, 0.3) is 0 Å². The number of hydrogen-bond donors (Lipinski definition) is 1. The smallest absolute Gasteiger partial charge is 0.337 e. The molecule has 34 heavy (non-hydrogen) atoms. The van der Waals surface area contributed by atoms with Crippen molar-refractivity contribution in [2.45, 2.75) is 19.0 Å². The van der Waals surface area contributed by atoms with Gasteiger partial charge in [-0.1, -0.05) is 24.3 Å². The van der Waals surface area contributed by atoms with E-state index >= 15 is 0 Å². The third-order valence-electron chi connectivity index (χ3n) is 5.38. The summed E-state index contributed by atoms with van der Waals surface area (Å²) in [6.07, 6.45) is 3.00. The van der Waals surface area contributed by atoms with Crippen molar-refractivity contribution in [1.82, 2.24) is 9.88 Å². The second-order valence-corrected chi connectivity index (χ2v) is 7.62. The molecule has 4 amide bonds. The highest BCUT2D eigenvalue weighted by atomic mass is 16.5. The number of esters is 1. The molecule has 0 bridgehead atoms. The molecular formula is C25H22N4O5. The van der Waals surface area contributed by atoms with Crippen LogP contribution in [0.15, 0.2) is 79.1 Å². The lowest BCUT2D eigenvalue weighted by Crippen LogP contribution is -2.37. The molecule has 9 nitrogen and oxygen atoms in total.